The fourth-order valence-corrected chi connectivity index (χ4v) is 3.62. The van der Waals surface area contributed by atoms with E-state index in [2.05, 4.69) is 29.4 Å². The molecule has 0 aliphatic carbocycles. The number of methoxy groups -OCH3 is 1. The second kappa shape index (κ2) is 10.2. The number of rotatable bonds is 9. The van der Waals surface area contributed by atoms with Gasteiger partial charge in [0, 0.05) is 12.2 Å². The van der Waals surface area contributed by atoms with Crippen LogP contribution in [-0.4, -0.2) is 33.5 Å². The van der Waals surface area contributed by atoms with Crippen molar-refractivity contribution in [2.45, 2.75) is 39.1 Å². The number of aromatic nitrogens is 3. The minimum absolute atomic E-state index is 0.108. The van der Waals surface area contributed by atoms with E-state index in [1.54, 1.807) is 31.4 Å². The molecule has 158 valence electrons. The smallest absolute Gasteiger partial charge is 0.234 e. The Morgan fingerprint density at radius 3 is 2.47 bits per heavy atom. The molecule has 1 amide bonds. The molecule has 0 fully saturated rings. The van der Waals surface area contributed by atoms with Crippen LogP contribution in [0.5, 0.6) is 11.5 Å². The molecule has 0 saturated carbocycles. The van der Waals surface area contributed by atoms with Gasteiger partial charge in [-0.2, -0.15) is 0 Å². The summed E-state index contributed by atoms with van der Waals surface area (Å²) in [6, 6.07) is 13.2. The number of thioether (sulfide) groups is 1. The van der Waals surface area contributed by atoms with Crippen molar-refractivity contribution in [3.05, 3.63) is 59.4 Å². The quantitative estimate of drug-likeness (QED) is 0.516. The molecule has 0 aliphatic heterocycles. The zero-order valence-electron chi connectivity index (χ0n) is 17.6. The van der Waals surface area contributed by atoms with Gasteiger partial charge in [0.1, 0.15) is 18.1 Å². The minimum Gasteiger partial charge on any atom is -0.497 e. The molecule has 2 aromatic carbocycles. The van der Waals surface area contributed by atoms with Crippen molar-refractivity contribution in [2.75, 3.05) is 18.2 Å². The van der Waals surface area contributed by atoms with Gasteiger partial charge in [-0.15, -0.1) is 10.2 Å². The van der Waals surface area contributed by atoms with Gasteiger partial charge in [0.05, 0.1) is 12.9 Å². The van der Waals surface area contributed by atoms with Crippen LogP contribution in [0.1, 0.15) is 23.9 Å². The van der Waals surface area contributed by atoms with E-state index in [-0.39, 0.29) is 11.7 Å². The van der Waals surface area contributed by atoms with Gasteiger partial charge in [0.25, 0.3) is 0 Å². The molecule has 30 heavy (non-hydrogen) atoms. The highest BCUT2D eigenvalue weighted by Crippen LogP contribution is 2.21. The van der Waals surface area contributed by atoms with Crippen LogP contribution in [0.4, 0.5) is 5.69 Å². The summed E-state index contributed by atoms with van der Waals surface area (Å²) in [6.45, 7) is 7.16. The molecule has 0 unspecified atom stereocenters. The fourth-order valence-electron chi connectivity index (χ4n) is 2.80. The van der Waals surface area contributed by atoms with Crippen LogP contribution in [0.2, 0.25) is 0 Å². The Hall–Kier alpha value is -3.00. The summed E-state index contributed by atoms with van der Waals surface area (Å²) in [5, 5.41) is 12.0. The lowest BCUT2D eigenvalue weighted by molar-refractivity contribution is -0.113. The number of amides is 1. The van der Waals surface area contributed by atoms with Crippen LogP contribution >= 0.6 is 11.8 Å². The lowest BCUT2D eigenvalue weighted by atomic mass is 10.1. The van der Waals surface area contributed by atoms with E-state index in [1.807, 2.05) is 29.7 Å². The number of carbonyl (C=O) groups excluding carboxylic acids is 1. The van der Waals surface area contributed by atoms with E-state index in [1.165, 1.54) is 22.9 Å². The number of nitrogens with zero attached hydrogens (tertiary/aromatic N) is 3. The van der Waals surface area contributed by atoms with Crippen LogP contribution in [0, 0.1) is 13.8 Å². The zero-order valence-corrected chi connectivity index (χ0v) is 18.5. The minimum atomic E-state index is -0.108. The number of anilines is 1. The van der Waals surface area contributed by atoms with Crippen molar-refractivity contribution in [3.63, 3.8) is 0 Å². The van der Waals surface area contributed by atoms with Crippen molar-refractivity contribution in [1.29, 1.82) is 0 Å². The first-order valence-corrected chi connectivity index (χ1v) is 10.7. The number of benzene rings is 2. The standard InChI is InChI=1S/C22H26N4O3S/c1-5-26-20(13-29-19-9-6-15(2)16(3)12-19)24-25-22(26)30-14-21(27)23-17-7-10-18(28-4)11-8-17/h6-12H,5,13-14H2,1-4H3,(H,23,27). The van der Waals surface area contributed by atoms with Crippen LogP contribution in [0.15, 0.2) is 47.6 Å². The van der Waals surface area contributed by atoms with Gasteiger partial charge in [-0.3, -0.25) is 4.79 Å². The summed E-state index contributed by atoms with van der Waals surface area (Å²) < 4.78 is 13.0. The average molecular weight is 427 g/mol. The van der Waals surface area contributed by atoms with Gasteiger partial charge in [-0.05, 0) is 68.3 Å². The summed E-state index contributed by atoms with van der Waals surface area (Å²) in [7, 11) is 1.61. The van der Waals surface area contributed by atoms with E-state index >= 15 is 0 Å². The average Bonchev–Trinajstić information content (AvgIpc) is 3.15. The van der Waals surface area contributed by atoms with Crippen LogP contribution < -0.4 is 14.8 Å². The molecule has 3 rings (SSSR count). The van der Waals surface area contributed by atoms with Gasteiger partial charge < -0.3 is 19.4 Å². The Morgan fingerprint density at radius 1 is 1.07 bits per heavy atom. The van der Waals surface area contributed by atoms with Gasteiger partial charge in [-0.25, -0.2) is 0 Å². The number of nitrogens with one attached hydrogen (secondary N) is 1. The maximum absolute atomic E-state index is 12.3. The zero-order chi connectivity index (χ0) is 21.5. The molecule has 0 spiro atoms. The highest BCUT2D eigenvalue weighted by Gasteiger charge is 2.14. The molecule has 0 aliphatic rings. The van der Waals surface area contributed by atoms with Crippen LogP contribution in [0.25, 0.3) is 0 Å². The summed E-state index contributed by atoms with van der Waals surface area (Å²) >= 11 is 1.35. The first kappa shape index (κ1) is 21.7. The van der Waals surface area contributed by atoms with Gasteiger partial charge >= 0.3 is 0 Å². The Bertz CT molecular complexity index is 1000. The molecular formula is C22H26N4O3S. The molecule has 0 atom stereocenters. The second-order valence-corrected chi connectivity index (χ2v) is 7.69. The van der Waals surface area contributed by atoms with Crippen molar-refractivity contribution < 1.29 is 14.3 Å². The molecule has 3 aromatic rings. The van der Waals surface area contributed by atoms with E-state index < -0.39 is 0 Å². The molecule has 0 radical (unpaired) electrons. The summed E-state index contributed by atoms with van der Waals surface area (Å²) in [4.78, 5) is 12.3. The normalized spacial score (nSPS) is 10.7. The van der Waals surface area contributed by atoms with Crippen molar-refractivity contribution in [2.24, 2.45) is 0 Å². The summed E-state index contributed by atoms with van der Waals surface area (Å²) in [5.74, 6) is 2.41. The topological polar surface area (TPSA) is 78.3 Å². The SMILES string of the molecule is CCn1c(COc2ccc(C)c(C)c2)nnc1SCC(=O)Nc1ccc(OC)cc1. The van der Waals surface area contributed by atoms with Crippen molar-refractivity contribution >= 4 is 23.4 Å². The van der Waals surface area contributed by atoms with Gasteiger partial charge in [0.2, 0.25) is 5.91 Å². The third kappa shape index (κ3) is 5.54. The highest BCUT2D eigenvalue weighted by atomic mass is 32.2. The maximum Gasteiger partial charge on any atom is 0.234 e. The predicted octanol–water partition coefficient (Wildman–Crippen LogP) is 4.23. The van der Waals surface area contributed by atoms with Crippen molar-refractivity contribution in [1.82, 2.24) is 14.8 Å². The molecule has 1 aromatic heterocycles. The third-order valence-electron chi connectivity index (χ3n) is 4.66. The molecule has 0 saturated heterocycles. The van der Waals surface area contributed by atoms with Crippen LogP contribution in [-0.2, 0) is 17.9 Å². The molecule has 1 heterocycles. The third-order valence-corrected chi connectivity index (χ3v) is 5.63. The predicted molar refractivity (Wildman–Crippen MR) is 118 cm³/mol. The number of hydrogen-bond donors (Lipinski definition) is 1. The van der Waals surface area contributed by atoms with Gasteiger partial charge in [0.15, 0.2) is 11.0 Å². The maximum atomic E-state index is 12.3. The largest absolute Gasteiger partial charge is 0.497 e. The van der Waals surface area contributed by atoms with E-state index in [4.69, 9.17) is 9.47 Å². The lowest BCUT2D eigenvalue weighted by Gasteiger charge is -2.10. The number of ether oxygens (including phenoxy) is 2. The Labute approximate surface area is 180 Å². The van der Waals surface area contributed by atoms with E-state index in [0.29, 0.717) is 18.3 Å². The van der Waals surface area contributed by atoms with Gasteiger partial charge in [-0.1, -0.05) is 17.8 Å². The molecular weight excluding hydrogens is 400 g/mol. The first-order chi connectivity index (χ1) is 14.5. The van der Waals surface area contributed by atoms with E-state index in [0.717, 1.165) is 23.0 Å². The highest BCUT2D eigenvalue weighted by molar-refractivity contribution is 7.99. The summed E-state index contributed by atoms with van der Waals surface area (Å²) in [6.07, 6.45) is 0. The number of carbonyl (C=O) groups is 1. The second-order valence-electron chi connectivity index (χ2n) is 6.74. The molecule has 7 nitrogen and oxygen atoms in total. The molecule has 0 bridgehead atoms. The number of hydrogen-bond acceptors (Lipinski definition) is 6. The Balaban J connectivity index is 1.56. The number of aryl methyl sites for hydroxylation is 2. The molecule has 8 heteroatoms. The van der Waals surface area contributed by atoms with Crippen LogP contribution in [0.3, 0.4) is 0 Å². The first-order valence-electron chi connectivity index (χ1n) is 9.69. The fraction of sp³-hybridized carbons (Fsp3) is 0.318. The monoisotopic (exact) mass is 426 g/mol. The summed E-state index contributed by atoms with van der Waals surface area (Å²) in [5.41, 5.74) is 3.13. The van der Waals surface area contributed by atoms with E-state index in [9.17, 15) is 4.79 Å². The Morgan fingerprint density at radius 2 is 1.80 bits per heavy atom. The molecule has 1 N–H and O–H groups in total. The lowest BCUT2D eigenvalue weighted by Crippen LogP contribution is -2.15. The Kier molecular flexibility index (Phi) is 7.35. The van der Waals surface area contributed by atoms with Crippen molar-refractivity contribution in [3.8, 4) is 11.5 Å².